The van der Waals surface area contributed by atoms with Crippen molar-refractivity contribution in [1.29, 1.82) is 0 Å². The van der Waals surface area contributed by atoms with E-state index in [4.69, 9.17) is 4.43 Å². The van der Waals surface area contributed by atoms with E-state index >= 15 is 0 Å². The van der Waals surface area contributed by atoms with Crippen LogP contribution in [0.15, 0.2) is 107 Å². The van der Waals surface area contributed by atoms with Gasteiger partial charge in [0, 0.05) is 12.3 Å². The first-order valence-corrected chi connectivity index (χ1v) is 14.5. The van der Waals surface area contributed by atoms with Crippen LogP contribution in [0.25, 0.3) is 5.69 Å². The van der Waals surface area contributed by atoms with Crippen LogP contribution in [-0.4, -0.2) is 24.1 Å². The summed E-state index contributed by atoms with van der Waals surface area (Å²) >= 11 is 0. The van der Waals surface area contributed by atoms with Crippen molar-refractivity contribution in [3.8, 4) is 5.69 Å². The van der Waals surface area contributed by atoms with E-state index in [0.717, 1.165) is 31.6 Å². The van der Waals surface area contributed by atoms with Gasteiger partial charge in [0.15, 0.2) is 0 Å². The molecule has 0 fully saturated rings. The van der Waals surface area contributed by atoms with Crippen LogP contribution in [0, 0.1) is 0 Å². The van der Waals surface area contributed by atoms with Gasteiger partial charge in [-0.05, 0) is 40.5 Å². The van der Waals surface area contributed by atoms with Crippen LogP contribution < -0.4 is 21.6 Å². The monoisotopic (exact) mass is 552 g/mol. The molecule has 204 valence electrons. The van der Waals surface area contributed by atoms with Gasteiger partial charge in [0.2, 0.25) is 0 Å². The Kier molecular flexibility index (Phi) is 7.86. The van der Waals surface area contributed by atoms with Gasteiger partial charge in [-0.3, -0.25) is 13.9 Å². The maximum Gasteiger partial charge on any atom is 0.416 e. The molecule has 1 aromatic heterocycles. The number of hydrogen-bond donors (Lipinski definition) is 0. The van der Waals surface area contributed by atoms with Crippen molar-refractivity contribution < 1.29 is 17.6 Å². The normalized spacial score (nSPS) is 13.3. The smallest absolute Gasteiger partial charge is 0.405 e. The molecule has 1 atom stereocenters. The molecule has 3 aromatic carbocycles. The maximum absolute atomic E-state index is 13.5. The van der Waals surface area contributed by atoms with E-state index in [1.165, 1.54) is 24.4 Å². The average molecular weight is 553 g/mol. The van der Waals surface area contributed by atoms with Gasteiger partial charge in [0.05, 0.1) is 23.9 Å². The zero-order valence-electron chi connectivity index (χ0n) is 22.3. The Bertz CT molecular complexity index is 1500. The third kappa shape index (κ3) is 5.55. The van der Waals surface area contributed by atoms with Crippen LogP contribution in [0.4, 0.5) is 13.2 Å². The topological polar surface area (TPSA) is 53.2 Å². The minimum atomic E-state index is -4.56. The Morgan fingerprint density at radius 2 is 1.38 bits per heavy atom. The summed E-state index contributed by atoms with van der Waals surface area (Å²) in [6.45, 7) is 8.13. The summed E-state index contributed by atoms with van der Waals surface area (Å²) in [6, 6.07) is 24.9. The van der Waals surface area contributed by atoms with Crippen molar-refractivity contribution in [2.45, 2.75) is 45.0 Å². The highest BCUT2D eigenvalue weighted by atomic mass is 28.4. The second-order valence-electron chi connectivity index (χ2n) is 10.5. The van der Waals surface area contributed by atoms with Gasteiger partial charge in [0.1, 0.15) is 0 Å². The van der Waals surface area contributed by atoms with Crippen LogP contribution >= 0.6 is 0 Å². The Hall–Kier alpha value is -3.69. The second-order valence-corrected chi connectivity index (χ2v) is 14.9. The highest BCUT2D eigenvalue weighted by Crippen LogP contribution is 2.37. The van der Waals surface area contributed by atoms with Crippen molar-refractivity contribution in [2.24, 2.45) is 0 Å². The number of nitrogens with zero attached hydrogens (tertiary/aromatic N) is 2. The maximum atomic E-state index is 13.5. The molecule has 4 rings (SSSR count). The number of aromatic nitrogens is 2. The lowest BCUT2D eigenvalue weighted by atomic mass is 10.2. The first-order chi connectivity index (χ1) is 18.4. The van der Waals surface area contributed by atoms with Crippen LogP contribution in [0.3, 0.4) is 0 Å². The zero-order valence-corrected chi connectivity index (χ0v) is 23.3. The molecule has 4 aromatic rings. The van der Waals surface area contributed by atoms with Gasteiger partial charge in [0.25, 0.3) is 13.9 Å². The Morgan fingerprint density at radius 3 is 1.90 bits per heavy atom. The van der Waals surface area contributed by atoms with Gasteiger partial charge in [-0.1, -0.05) is 87.5 Å². The van der Waals surface area contributed by atoms with Gasteiger partial charge >= 0.3 is 11.9 Å². The van der Waals surface area contributed by atoms with Crippen molar-refractivity contribution >= 4 is 18.7 Å². The Morgan fingerprint density at radius 1 is 0.821 bits per heavy atom. The van der Waals surface area contributed by atoms with Gasteiger partial charge in [-0.15, -0.1) is 0 Å². The van der Waals surface area contributed by atoms with Crippen LogP contribution in [-0.2, 0) is 10.6 Å². The van der Waals surface area contributed by atoms with Crippen molar-refractivity contribution in [2.75, 3.05) is 6.61 Å². The summed E-state index contributed by atoms with van der Waals surface area (Å²) in [6.07, 6.45) is -3.36. The number of alkyl halides is 3. The molecule has 39 heavy (non-hydrogen) atoms. The third-order valence-corrected chi connectivity index (χ3v) is 11.9. The summed E-state index contributed by atoms with van der Waals surface area (Å²) in [5.74, 6) is 0. The van der Waals surface area contributed by atoms with E-state index < -0.39 is 37.3 Å². The van der Waals surface area contributed by atoms with E-state index in [2.05, 4.69) is 20.8 Å². The summed E-state index contributed by atoms with van der Waals surface area (Å²) in [5, 5.41) is 1.80. The summed E-state index contributed by atoms with van der Waals surface area (Å²) in [5.41, 5.74) is -2.15. The fourth-order valence-corrected chi connectivity index (χ4v) is 9.66. The SMILES string of the molecule is CC(CO[Si](c1ccccc1)(c1ccccc1)C(C)(C)C)n1c(=O)ccn(-c2cccc(C(F)(F)F)c2)c1=O. The molecule has 0 amide bonds. The number of hydrogen-bond acceptors (Lipinski definition) is 3. The molecule has 9 heteroatoms. The lowest BCUT2D eigenvalue weighted by Crippen LogP contribution is -2.67. The fourth-order valence-electron chi connectivity index (χ4n) is 5.01. The van der Waals surface area contributed by atoms with Gasteiger partial charge in [-0.25, -0.2) is 4.79 Å². The molecular weight excluding hydrogens is 521 g/mol. The average Bonchev–Trinajstić information content (AvgIpc) is 2.89. The van der Waals surface area contributed by atoms with E-state index in [1.807, 2.05) is 60.7 Å². The molecule has 5 nitrogen and oxygen atoms in total. The predicted octanol–water partition coefficient (Wildman–Crippen LogP) is 5.16. The first-order valence-electron chi connectivity index (χ1n) is 12.6. The molecule has 1 heterocycles. The molecule has 0 aliphatic carbocycles. The van der Waals surface area contributed by atoms with Crippen LogP contribution in [0.1, 0.15) is 39.3 Å². The zero-order chi connectivity index (χ0) is 28.4. The van der Waals surface area contributed by atoms with E-state index in [9.17, 15) is 22.8 Å². The summed E-state index contributed by atoms with van der Waals surface area (Å²) < 4.78 is 48.8. The molecule has 1 unspecified atom stereocenters. The van der Waals surface area contributed by atoms with Crippen LogP contribution in [0.5, 0.6) is 0 Å². The quantitative estimate of drug-likeness (QED) is 0.298. The van der Waals surface area contributed by atoms with Crippen molar-refractivity contribution in [3.63, 3.8) is 0 Å². The minimum Gasteiger partial charge on any atom is -0.405 e. The Labute approximate surface area is 226 Å². The van der Waals surface area contributed by atoms with Crippen molar-refractivity contribution in [1.82, 2.24) is 9.13 Å². The number of halogens is 3. The third-order valence-electron chi connectivity index (χ3n) is 6.87. The molecule has 0 aliphatic rings. The van der Waals surface area contributed by atoms with E-state index in [0.29, 0.717) is 0 Å². The molecule has 0 spiro atoms. The largest absolute Gasteiger partial charge is 0.416 e. The Balaban J connectivity index is 1.77. The molecule has 0 radical (unpaired) electrons. The van der Waals surface area contributed by atoms with Gasteiger partial charge in [-0.2, -0.15) is 13.2 Å². The number of benzene rings is 3. The molecule has 0 aliphatic heterocycles. The molecule has 0 bridgehead atoms. The molecule has 0 N–H and O–H groups in total. The van der Waals surface area contributed by atoms with Gasteiger partial charge < -0.3 is 4.43 Å². The second kappa shape index (κ2) is 10.8. The standard InChI is InChI=1S/C30H31F3N2O3Si/c1-22(35-27(36)18-19-34(28(35)37)24-13-11-12-23(20-24)30(31,32)33)21-38-39(29(2,3)4,25-14-7-5-8-15-25)26-16-9-6-10-17-26/h5-20,22H,21H2,1-4H3. The predicted molar refractivity (Wildman–Crippen MR) is 150 cm³/mol. The van der Waals surface area contributed by atoms with E-state index in [-0.39, 0.29) is 17.3 Å². The summed E-state index contributed by atoms with van der Waals surface area (Å²) in [4.78, 5) is 26.3. The van der Waals surface area contributed by atoms with Crippen LogP contribution in [0.2, 0.25) is 5.04 Å². The molecule has 0 saturated heterocycles. The highest BCUT2D eigenvalue weighted by Gasteiger charge is 2.50. The molecule has 0 saturated carbocycles. The lowest BCUT2D eigenvalue weighted by molar-refractivity contribution is -0.137. The lowest BCUT2D eigenvalue weighted by Gasteiger charge is -2.43. The molecular formula is C30H31F3N2O3Si. The van der Waals surface area contributed by atoms with Crippen molar-refractivity contribution in [3.05, 3.63) is 124 Å². The first kappa shape index (κ1) is 28.3. The minimum absolute atomic E-state index is 0.0173. The summed E-state index contributed by atoms with van der Waals surface area (Å²) in [7, 11) is -2.93. The van der Waals surface area contributed by atoms with E-state index in [1.54, 1.807) is 6.92 Å². The fraction of sp³-hybridized carbons (Fsp3) is 0.267. The number of rotatable bonds is 7. The highest BCUT2D eigenvalue weighted by molar-refractivity contribution is 6.99.